The number of carboxylic acids is 1. The molecule has 6 nitrogen and oxygen atoms in total. The van der Waals surface area contributed by atoms with Gasteiger partial charge in [0.1, 0.15) is 0 Å². The molecule has 1 fully saturated rings. The molecule has 1 heterocycles. The van der Waals surface area contributed by atoms with Gasteiger partial charge in [0.05, 0.1) is 16.8 Å². The van der Waals surface area contributed by atoms with Gasteiger partial charge in [-0.25, -0.2) is 18.6 Å². The lowest BCUT2D eigenvalue weighted by atomic mass is 10.1. The largest absolute Gasteiger partial charge is 0.481 e. The molecule has 0 atom stereocenters. The number of urea groups is 1. The minimum atomic E-state index is -0.993. The zero-order valence-electron chi connectivity index (χ0n) is 15.8. The Labute approximate surface area is 175 Å². The molecule has 1 aliphatic carbocycles. The fourth-order valence-corrected chi connectivity index (χ4v) is 5.15. The molecule has 0 saturated heterocycles. The first kappa shape index (κ1) is 21.5. The number of rotatable bonds is 7. The molecule has 1 aliphatic rings. The molecular formula is C19H21F2N3O3S2. The van der Waals surface area contributed by atoms with Crippen molar-refractivity contribution in [2.24, 2.45) is 0 Å². The smallest absolute Gasteiger partial charge is 0.330 e. The van der Waals surface area contributed by atoms with E-state index < -0.39 is 17.6 Å². The summed E-state index contributed by atoms with van der Waals surface area (Å²) >= 11 is 2.65. The average Bonchev–Trinajstić information content (AvgIpc) is 3.36. The summed E-state index contributed by atoms with van der Waals surface area (Å²) in [7, 11) is 1.59. The minimum Gasteiger partial charge on any atom is -0.481 e. The Morgan fingerprint density at radius 3 is 2.66 bits per heavy atom. The number of thioether (sulfide) groups is 1. The third-order valence-corrected chi connectivity index (χ3v) is 6.95. The molecular weight excluding hydrogens is 420 g/mol. The molecule has 2 amide bonds. The standard InChI is InChI=1S/C19H21F2N3O3S2/c1-23(18-22-11-17(29-18)28-9-8-16(25)26)19(27)24(12-4-2-3-5-12)13-6-7-14(20)15(21)10-13/h6-7,10-12H,2-5,8-9H2,1H3,(H,25,26). The molecule has 156 valence electrons. The highest BCUT2D eigenvalue weighted by atomic mass is 32.2. The van der Waals surface area contributed by atoms with Crippen LogP contribution in [0.4, 0.5) is 24.4 Å². The van der Waals surface area contributed by atoms with Gasteiger partial charge < -0.3 is 5.11 Å². The molecule has 3 rings (SSSR count). The Hall–Kier alpha value is -2.20. The summed E-state index contributed by atoms with van der Waals surface area (Å²) in [5.41, 5.74) is 0.320. The van der Waals surface area contributed by atoms with Gasteiger partial charge in [-0.1, -0.05) is 24.2 Å². The van der Waals surface area contributed by atoms with Crippen LogP contribution >= 0.6 is 23.1 Å². The first-order chi connectivity index (χ1) is 13.9. The number of carboxylic acid groups (broad SMARTS) is 1. The Morgan fingerprint density at radius 1 is 1.28 bits per heavy atom. The number of carbonyl (C=O) groups is 2. The number of thiazole rings is 1. The lowest BCUT2D eigenvalue weighted by Crippen LogP contribution is -2.46. The fraction of sp³-hybridized carbons (Fsp3) is 0.421. The summed E-state index contributed by atoms with van der Waals surface area (Å²) in [5.74, 6) is -2.40. The van der Waals surface area contributed by atoms with Crippen molar-refractivity contribution in [3.8, 4) is 0 Å². The summed E-state index contributed by atoms with van der Waals surface area (Å²) in [6.45, 7) is 0. The molecule has 0 aliphatic heterocycles. The van der Waals surface area contributed by atoms with Crippen LogP contribution in [-0.2, 0) is 4.79 Å². The van der Waals surface area contributed by atoms with Gasteiger partial charge in [0.25, 0.3) is 0 Å². The van der Waals surface area contributed by atoms with Gasteiger partial charge in [0.2, 0.25) is 0 Å². The number of aromatic nitrogens is 1. The van der Waals surface area contributed by atoms with E-state index in [1.807, 2.05) is 0 Å². The van der Waals surface area contributed by atoms with E-state index in [0.717, 1.165) is 42.0 Å². The number of hydrogen-bond donors (Lipinski definition) is 1. The molecule has 0 radical (unpaired) electrons. The highest BCUT2D eigenvalue weighted by Gasteiger charge is 2.32. The van der Waals surface area contributed by atoms with Gasteiger partial charge in [-0.15, -0.1) is 11.8 Å². The third-order valence-electron chi connectivity index (χ3n) is 4.68. The van der Waals surface area contributed by atoms with Crippen molar-refractivity contribution in [2.45, 2.75) is 42.4 Å². The third kappa shape index (κ3) is 5.24. The summed E-state index contributed by atoms with van der Waals surface area (Å²) < 4.78 is 28.0. The number of amides is 2. The summed E-state index contributed by atoms with van der Waals surface area (Å²) in [6, 6.07) is 3.05. The van der Waals surface area contributed by atoms with E-state index in [9.17, 15) is 18.4 Å². The van der Waals surface area contributed by atoms with Crippen molar-refractivity contribution in [2.75, 3.05) is 22.6 Å². The lowest BCUT2D eigenvalue weighted by molar-refractivity contribution is -0.136. The van der Waals surface area contributed by atoms with Crippen LogP contribution in [0, 0.1) is 11.6 Å². The number of carbonyl (C=O) groups excluding carboxylic acids is 1. The quantitative estimate of drug-likeness (QED) is 0.613. The lowest BCUT2D eigenvalue weighted by Gasteiger charge is -2.32. The average molecular weight is 442 g/mol. The van der Waals surface area contributed by atoms with Crippen molar-refractivity contribution >= 4 is 45.9 Å². The predicted molar refractivity (Wildman–Crippen MR) is 110 cm³/mol. The van der Waals surface area contributed by atoms with Crippen LogP contribution in [-0.4, -0.2) is 40.9 Å². The number of aliphatic carboxylic acids is 1. The summed E-state index contributed by atoms with van der Waals surface area (Å²) in [4.78, 5) is 31.1. The maximum Gasteiger partial charge on any atom is 0.330 e. The van der Waals surface area contributed by atoms with Gasteiger partial charge in [0.15, 0.2) is 16.8 Å². The highest BCUT2D eigenvalue weighted by molar-refractivity contribution is 8.01. The molecule has 0 unspecified atom stereocenters. The van der Waals surface area contributed by atoms with E-state index in [1.165, 1.54) is 39.0 Å². The van der Waals surface area contributed by atoms with Gasteiger partial charge in [0, 0.05) is 30.6 Å². The van der Waals surface area contributed by atoms with Gasteiger partial charge in [-0.2, -0.15) is 0 Å². The number of benzene rings is 1. The van der Waals surface area contributed by atoms with Crippen LogP contribution < -0.4 is 9.80 Å². The Kier molecular flexibility index (Phi) is 7.07. The zero-order chi connectivity index (χ0) is 21.0. The molecule has 0 spiro atoms. The van der Waals surface area contributed by atoms with E-state index in [4.69, 9.17) is 5.11 Å². The normalized spacial score (nSPS) is 14.2. The second kappa shape index (κ2) is 9.53. The molecule has 1 N–H and O–H groups in total. The SMILES string of the molecule is CN(C(=O)N(c1ccc(F)c(F)c1)C1CCCC1)c1ncc(SCCC(=O)O)s1. The molecule has 1 aromatic carbocycles. The zero-order valence-corrected chi connectivity index (χ0v) is 17.4. The van der Waals surface area contributed by atoms with Crippen molar-refractivity contribution < 1.29 is 23.5 Å². The van der Waals surface area contributed by atoms with Crippen molar-refractivity contribution in [1.29, 1.82) is 0 Å². The highest BCUT2D eigenvalue weighted by Crippen LogP contribution is 2.34. The van der Waals surface area contributed by atoms with Gasteiger partial charge in [-0.3, -0.25) is 14.6 Å². The van der Waals surface area contributed by atoms with Crippen LogP contribution in [0.3, 0.4) is 0 Å². The molecule has 1 aromatic heterocycles. The topological polar surface area (TPSA) is 73.7 Å². The molecule has 2 aromatic rings. The van der Waals surface area contributed by atoms with E-state index >= 15 is 0 Å². The maximum atomic E-state index is 13.8. The first-order valence-corrected chi connectivity index (χ1v) is 11.0. The van der Waals surface area contributed by atoms with Gasteiger partial charge >= 0.3 is 12.0 Å². The molecule has 29 heavy (non-hydrogen) atoms. The van der Waals surface area contributed by atoms with E-state index in [2.05, 4.69) is 4.98 Å². The fourth-order valence-electron chi connectivity index (χ4n) is 3.23. The first-order valence-electron chi connectivity index (χ1n) is 9.19. The van der Waals surface area contributed by atoms with Crippen LogP contribution in [0.25, 0.3) is 0 Å². The van der Waals surface area contributed by atoms with Crippen LogP contribution in [0.1, 0.15) is 32.1 Å². The predicted octanol–water partition coefficient (Wildman–Crippen LogP) is 4.99. The van der Waals surface area contributed by atoms with Gasteiger partial charge in [-0.05, 0) is 25.0 Å². The van der Waals surface area contributed by atoms with E-state index in [0.29, 0.717) is 16.6 Å². The maximum absolute atomic E-state index is 13.8. The van der Waals surface area contributed by atoms with Crippen LogP contribution in [0.2, 0.25) is 0 Å². The second-order valence-corrected chi connectivity index (χ2v) is 9.11. The van der Waals surface area contributed by atoms with Crippen molar-refractivity contribution in [3.63, 3.8) is 0 Å². The van der Waals surface area contributed by atoms with Crippen LogP contribution in [0.15, 0.2) is 28.6 Å². The summed E-state index contributed by atoms with van der Waals surface area (Å²) in [6.07, 6.45) is 5.19. The van der Waals surface area contributed by atoms with Crippen molar-refractivity contribution in [3.05, 3.63) is 36.0 Å². The van der Waals surface area contributed by atoms with Crippen molar-refractivity contribution in [1.82, 2.24) is 4.98 Å². The number of anilines is 2. The number of hydrogen-bond acceptors (Lipinski definition) is 5. The molecule has 1 saturated carbocycles. The molecule has 10 heteroatoms. The number of halogens is 2. The Morgan fingerprint density at radius 2 is 2.00 bits per heavy atom. The van der Waals surface area contributed by atoms with E-state index in [1.54, 1.807) is 13.2 Å². The van der Waals surface area contributed by atoms with Crippen LogP contribution in [0.5, 0.6) is 0 Å². The monoisotopic (exact) mass is 441 g/mol. The summed E-state index contributed by atoms with van der Waals surface area (Å²) in [5, 5.41) is 9.19. The number of nitrogens with zero attached hydrogens (tertiary/aromatic N) is 3. The minimum absolute atomic E-state index is 0.0399. The van der Waals surface area contributed by atoms with E-state index in [-0.39, 0.29) is 18.5 Å². The Bertz CT molecular complexity index is 887. The Balaban J connectivity index is 1.79. The second-order valence-electron chi connectivity index (χ2n) is 6.70. The molecule has 0 bridgehead atoms.